The third-order valence-corrected chi connectivity index (χ3v) is 4.42. The summed E-state index contributed by atoms with van der Waals surface area (Å²) in [6, 6.07) is 11.0. The summed E-state index contributed by atoms with van der Waals surface area (Å²) in [5.41, 5.74) is 1.45. The van der Waals surface area contributed by atoms with Crippen LogP contribution in [0.15, 0.2) is 40.9 Å². The van der Waals surface area contributed by atoms with Crippen molar-refractivity contribution in [1.29, 1.82) is 0 Å². The second kappa shape index (κ2) is 6.91. The summed E-state index contributed by atoms with van der Waals surface area (Å²) in [5, 5.41) is 0.593. The first-order valence-electron chi connectivity index (χ1n) is 5.82. The molecule has 20 heavy (non-hydrogen) atoms. The summed E-state index contributed by atoms with van der Waals surface area (Å²) in [4.78, 5) is 12.4. The zero-order valence-electron chi connectivity index (χ0n) is 10.6. The van der Waals surface area contributed by atoms with Gasteiger partial charge in [0.15, 0.2) is 5.78 Å². The molecule has 5 heteroatoms. The number of benzene rings is 2. The normalized spacial score (nSPS) is 10.4. The highest BCUT2D eigenvalue weighted by Crippen LogP contribution is 2.26. The summed E-state index contributed by atoms with van der Waals surface area (Å²) in [6.07, 6.45) is 0.252. The Hall–Kier alpha value is -0.590. The van der Waals surface area contributed by atoms with Gasteiger partial charge in [0.1, 0.15) is 5.75 Å². The van der Waals surface area contributed by atoms with E-state index < -0.39 is 0 Å². The van der Waals surface area contributed by atoms with Gasteiger partial charge in [-0.25, -0.2) is 0 Å². The Bertz CT molecular complexity index is 658. The first kappa shape index (κ1) is 15.8. The highest BCUT2D eigenvalue weighted by molar-refractivity contribution is 14.1. The number of carbonyl (C=O) groups is 1. The van der Waals surface area contributed by atoms with E-state index in [0.29, 0.717) is 16.3 Å². The average Bonchev–Trinajstić information content (AvgIpc) is 2.41. The standard InChI is InChI=1S/C15H11BrClIO2/c1-20-15-5-2-10(17)6-9(15)7-14(19)12-8-11(18)3-4-13(12)16/h2-6,8H,7H2,1H3. The van der Waals surface area contributed by atoms with Crippen molar-refractivity contribution in [2.24, 2.45) is 0 Å². The van der Waals surface area contributed by atoms with Gasteiger partial charge in [0.25, 0.3) is 0 Å². The summed E-state index contributed by atoms with van der Waals surface area (Å²) in [7, 11) is 1.58. The molecule has 0 aromatic heterocycles. The van der Waals surface area contributed by atoms with Crippen molar-refractivity contribution in [2.75, 3.05) is 7.11 Å². The quantitative estimate of drug-likeness (QED) is 0.462. The fourth-order valence-corrected chi connectivity index (χ4v) is 3.02. The number of ketones is 1. The van der Waals surface area contributed by atoms with Crippen LogP contribution in [0.5, 0.6) is 5.75 Å². The van der Waals surface area contributed by atoms with Crippen LogP contribution in [-0.2, 0) is 6.42 Å². The predicted octanol–water partition coefficient (Wildman–Crippen LogP) is 5.14. The van der Waals surface area contributed by atoms with Crippen molar-refractivity contribution < 1.29 is 9.53 Å². The maximum atomic E-state index is 12.4. The molecule has 0 aliphatic rings. The highest BCUT2D eigenvalue weighted by atomic mass is 127. The highest BCUT2D eigenvalue weighted by Gasteiger charge is 2.14. The first-order valence-corrected chi connectivity index (χ1v) is 8.07. The Balaban J connectivity index is 2.32. The Morgan fingerprint density at radius 1 is 1.30 bits per heavy atom. The molecule has 0 unspecified atom stereocenters. The van der Waals surface area contributed by atoms with E-state index in [4.69, 9.17) is 16.3 Å². The van der Waals surface area contributed by atoms with Gasteiger partial charge in [-0.3, -0.25) is 4.79 Å². The van der Waals surface area contributed by atoms with Crippen LogP contribution in [-0.4, -0.2) is 12.9 Å². The van der Waals surface area contributed by atoms with E-state index in [1.54, 1.807) is 25.3 Å². The molecule has 2 aromatic carbocycles. The van der Waals surface area contributed by atoms with Crippen molar-refractivity contribution >= 4 is 55.9 Å². The SMILES string of the molecule is COc1ccc(Cl)cc1CC(=O)c1cc(I)ccc1Br. The summed E-state index contributed by atoms with van der Waals surface area (Å²) >= 11 is 11.6. The van der Waals surface area contributed by atoms with Crippen LogP contribution < -0.4 is 4.74 Å². The van der Waals surface area contributed by atoms with Crippen LogP contribution in [0.25, 0.3) is 0 Å². The van der Waals surface area contributed by atoms with Crippen molar-refractivity contribution in [1.82, 2.24) is 0 Å². The largest absolute Gasteiger partial charge is 0.496 e. The lowest BCUT2D eigenvalue weighted by atomic mass is 10.0. The lowest BCUT2D eigenvalue weighted by Crippen LogP contribution is -2.06. The van der Waals surface area contributed by atoms with Gasteiger partial charge in [-0.1, -0.05) is 27.5 Å². The number of hydrogen-bond acceptors (Lipinski definition) is 2. The molecular weight excluding hydrogens is 454 g/mol. The molecule has 0 bridgehead atoms. The third kappa shape index (κ3) is 3.74. The minimum Gasteiger partial charge on any atom is -0.496 e. The molecular formula is C15H11BrClIO2. The average molecular weight is 466 g/mol. The summed E-state index contributed by atoms with van der Waals surface area (Å²) in [6.45, 7) is 0. The lowest BCUT2D eigenvalue weighted by molar-refractivity contribution is 0.0991. The van der Waals surface area contributed by atoms with E-state index in [1.165, 1.54) is 0 Å². The first-order chi connectivity index (χ1) is 9.51. The minimum atomic E-state index is 0.0240. The Morgan fingerprint density at radius 3 is 2.75 bits per heavy atom. The Labute approximate surface area is 144 Å². The van der Waals surface area contributed by atoms with Crippen LogP contribution in [0.4, 0.5) is 0 Å². The molecule has 0 atom stereocenters. The molecule has 2 aromatic rings. The molecule has 104 valence electrons. The molecule has 0 spiro atoms. The number of Topliss-reactive ketones (excluding diaryl/α,β-unsaturated/α-hetero) is 1. The zero-order valence-corrected chi connectivity index (χ0v) is 15.1. The topological polar surface area (TPSA) is 26.3 Å². The third-order valence-electron chi connectivity index (χ3n) is 2.82. The van der Waals surface area contributed by atoms with Gasteiger partial charge in [-0.05, 0) is 59.0 Å². The lowest BCUT2D eigenvalue weighted by Gasteiger charge is -2.09. The fraction of sp³-hybridized carbons (Fsp3) is 0.133. The van der Waals surface area contributed by atoms with E-state index in [0.717, 1.165) is 13.6 Å². The molecule has 0 radical (unpaired) electrons. The van der Waals surface area contributed by atoms with Gasteiger partial charge < -0.3 is 4.74 Å². The Morgan fingerprint density at radius 2 is 2.05 bits per heavy atom. The second-order valence-electron chi connectivity index (χ2n) is 4.18. The number of hydrogen-bond donors (Lipinski definition) is 0. The molecule has 2 nitrogen and oxygen atoms in total. The number of rotatable bonds is 4. The van der Waals surface area contributed by atoms with Gasteiger partial charge in [-0.2, -0.15) is 0 Å². The van der Waals surface area contributed by atoms with Gasteiger partial charge >= 0.3 is 0 Å². The van der Waals surface area contributed by atoms with Gasteiger partial charge in [0.05, 0.1) is 7.11 Å². The molecule has 0 aliphatic heterocycles. The molecule has 0 saturated heterocycles. The molecule has 0 N–H and O–H groups in total. The number of methoxy groups -OCH3 is 1. The summed E-state index contributed by atoms with van der Waals surface area (Å²) in [5.74, 6) is 0.695. The van der Waals surface area contributed by atoms with Crippen LogP contribution in [0.1, 0.15) is 15.9 Å². The smallest absolute Gasteiger partial charge is 0.168 e. The van der Waals surface area contributed by atoms with Crippen molar-refractivity contribution in [3.8, 4) is 5.75 Å². The van der Waals surface area contributed by atoms with Crippen molar-refractivity contribution in [3.05, 3.63) is 60.6 Å². The zero-order chi connectivity index (χ0) is 14.7. The number of carbonyl (C=O) groups excluding carboxylic acids is 1. The molecule has 0 aliphatic carbocycles. The molecule has 0 saturated carbocycles. The van der Waals surface area contributed by atoms with Crippen molar-refractivity contribution in [3.63, 3.8) is 0 Å². The summed E-state index contributed by atoms with van der Waals surface area (Å²) < 4.78 is 7.08. The van der Waals surface area contributed by atoms with Gasteiger partial charge in [-0.15, -0.1) is 0 Å². The van der Waals surface area contributed by atoms with Gasteiger partial charge in [0.2, 0.25) is 0 Å². The predicted molar refractivity (Wildman–Crippen MR) is 92.9 cm³/mol. The molecule has 0 heterocycles. The molecule has 0 amide bonds. The molecule has 0 fully saturated rings. The molecule has 2 rings (SSSR count). The van der Waals surface area contributed by atoms with E-state index in [-0.39, 0.29) is 12.2 Å². The maximum Gasteiger partial charge on any atom is 0.168 e. The van der Waals surface area contributed by atoms with E-state index in [9.17, 15) is 4.79 Å². The van der Waals surface area contributed by atoms with Crippen LogP contribution in [0.2, 0.25) is 5.02 Å². The van der Waals surface area contributed by atoms with Crippen LogP contribution in [0, 0.1) is 3.57 Å². The second-order valence-corrected chi connectivity index (χ2v) is 6.72. The number of ether oxygens (including phenoxy) is 1. The number of halogens is 3. The van der Waals surface area contributed by atoms with Crippen LogP contribution in [0.3, 0.4) is 0 Å². The van der Waals surface area contributed by atoms with E-state index in [1.807, 2.05) is 18.2 Å². The fourth-order valence-electron chi connectivity index (χ4n) is 1.86. The van der Waals surface area contributed by atoms with E-state index >= 15 is 0 Å². The van der Waals surface area contributed by atoms with Crippen LogP contribution >= 0.6 is 50.1 Å². The minimum absolute atomic E-state index is 0.0240. The monoisotopic (exact) mass is 464 g/mol. The van der Waals surface area contributed by atoms with E-state index in [2.05, 4.69) is 38.5 Å². The maximum absolute atomic E-state index is 12.4. The van der Waals surface area contributed by atoms with Gasteiger partial charge in [0, 0.05) is 30.6 Å². The van der Waals surface area contributed by atoms with Crippen molar-refractivity contribution in [2.45, 2.75) is 6.42 Å². The Kier molecular flexibility index (Phi) is 5.46.